The van der Waals surface area contributed by atoms with Crippen molar-refractivity contribution in [3.8, 4) is 5.69 Å². The van der Waals surface area contributed by atoms with Crippen LogP contribution in [0.15, 0.2) is 36.7 Å². The third-order valence-electron chi connectivity index (χ3n) is 4.21. The number of amides is 1. The zero-order chi connectivity index (χ0) is 16.5. The summed E-state index contributed by atoms with van der Waals surface area (Å²) >= 11 is 0. The maximum atomic E-state index is 12.1. The maximum absolute atomic E-state index is 12.1. The van der Waals surface area contributed by atoms with Gasteiger partial charge in [0.1, 0.15) is 12.4 Å². The third kappa shape index (κ3) is 2.27. The summed E-state index contributed by atoms with van der Waals surface area (Å²) in [5.74, 6) is 0.676. The number of piperazine rings is 1. The summed E-state index contributed by atoms with van der Waals surface area (Å²) in [6, 6.07) is 9.46. The number of nitrogens with zero attached hydrogens (tertiary/aromatic N) is 6. The fourth-order valence-electron chi connectivity index (χ4n) is 3.06. The van der Waals surface area contributed by atoms with Crippen molar-refractivity contribution in [2.24, 2.45) is 0 Å². The van der Waals surface area contributed by atoms with Crippen LogP contribution in [-0.4, -0.2) is 50.0 Å². The summed E-state index contributed by atoms with van der Waals surface area (Å²) in [7, 11) is 0. The van der Waals surface area contributed by atoms with Gasteiger partial charge in [-0.2, -0.15) is 4.68 Å². The average molecular weight is 323 g/mol. The highest BCUT2D eigenvalue weighted by Gasteiger charge is 2.31. The molecular formula is C16H17N7O. The quantitative estimate of drug-likeness (QED) is 0.771. The number of anilines is 1. The van der Waals surface area contributed by atoms with Gasteiger partial charge in [0.2, 0.25) is 5.91 Å². The molecule has 1 saturated heterocycles. The van der Waals surface area contributed by atoms with Crippen LogP contribution in [0.1, 0.15) is 13.3 Å². The van der Waals surface area contributed by atoms with Crippen molar-refractivity contribution in [1.29, 1.82) is 0 Å². The second kappa shape index (κ2) is 5.88. The molecule has 1 aromatic carbocycles. The Morgan fingerprint density at radius 2 is 2.08 bits per heavy atom. The molecule has 4 rings (SSSR count). The minimum absolute atomic E-state index is 0.0194. The molecular weight excluding hydrogens is 306 g/mol. The van der Waals surface area contributed by atoms with Crippen molar-refractivity contribution in [2.45, 2.75) is 19.4 Å². The van der Waals surface area contributed by atoms with E-state index in [-0.39, 0.29) is 11.9 Å². The van der Waals surface area contributed by atoms with Gasteiger partial charge in [0.15, 0.2) is 17.0 Å². The highest BCUT2D eigenvalue weighted by atomic mass is 16.2. The number of carbonyl (C=O) groups is 1. The van der Waals surface area contributed by atoms with Gasteiger partial charge in [-0.1, -0.05) is 30.3 Å². The molecule has 1 N–H and O–H groups in total. The van der Waals surface area contributed by atoms with E-state index < -0.39 is 0 Å². The fourth-order valence-corrected chi connectivity index (χ4v) is 3.06. The van der Waals surface area contributed by atoms with Crippen molar-refractivity contribution >= 4 is 22.9 Å². The number of para-hydroxylation sites is 1. The SMILES string of the molecule is CC[C@H]1C(=O)NCCN1c1ncnc2c1nnn2-c1ccccc1. The van der Waals surface area contributed by atoms with Gasteiger partial charge < -0.3 is 10.2 Å². The van der Waals surface area contributed by atoms with Crippen LogP contribution in [0.5, 0.6) is 0 Å². The number of fused-ring (bicyclic) bond motifs is 1. The van der Waals surface area contributed by atoms with Gasteiger partial charge in [0.25, 0.3) is 0 Å². The molecule has 3 heterocycles. The smallest absolute Gasteiger partial charge is 0.242 e. The lowest BCUT2D eigenvalue weighted by Gasteiger charge is -2.35. The minimum atomic E-state index is -0.251. The Morgan fingerprint density at radius 3 is 2.88 bits per heavy atom. The first-order valence-corrected chi connectivity index (χ1v) is 7.95. The number of aromatic nitrogens is 5. The van der Waals surface area contributed by atoms with Crippen LogP contribution in [0, 0.1) is 0 Å². The van der Waals surface area contributed by atoms with Gasteiger partial charge in [-0.15, -0.1) is 5.10 Å². The molecule has 0 aliphatic carbocycles. The largest absolute Gasteiger partial charge is 0.353 e. The molecule has 24 heavy (non-hydrogen) atoms. The van der Waals surface area contributed by atoms with Crippen molar-refractivity contribution in [1.82, 2.24) is 30.3 Å². The Kier molecular flexibility index (Phi) is 3.56. The molecule has 3 aromatic rings. The van der Waals surface area contributed by atoms with Crippen molar-refractivity contribution < 1.29 is 4.79 Å². The van der Waals surface area contributed by atoms with Crippen LogP contribution < -0.4 is 10.2 Å². The van der Waals surface area contributed by atoms with E-state index in [1.54, 1.807) is 4.68 Å². The van der Waals surface area contributed by atoms with Crippen molar-refractivity contribution in [2.75, 3.05) is 18.0 Å². The molecule has 1 fully saturated rings. The number of benzene rings is 1. The van der Waals surface area contributed by atoms with Crippen molar-refractivity contribution in [3.63, 3.8) is 0 Å². The van der Waals surface area contributed by atoms with Gasteiger partial charge in [-0.3, -0.25) is 4.79 Å². The van der Waals surface area contributed by atoms with E-state index in [2.05, 4.69) is 25.6 Å². The molecule has 0 spiro atoms. The lowest BCUT2D eigenvalue weighted by molar-refractivity contribution is -0.123. The Hall–Kier alpha value is -3.03. The van der Waals surface area contributed by atoms with E-state index in [0.29, 0.717) is 36.5 Å². The predicted octanol–water partition coefficient (Wildman–Crippen LogP) is 0.925. The molecule has 0 bridgehead atoms. The normalized spacial score (nSPS) is 18.0. The van der Waals surface area contributed by atoms with Crippen LogP contribution in [0.4, 0.5) is 5.82 Å². The zero-order valence-electron chi connectivity index (χ0n) is 13.3. The summed E-state index contributed by atoms with van der Waals surface area (Å²) in [4.78, 5) is 22.9. The van der Waals surface area contributed by atoms with Crippen molar-refractivity contribution in [3.05, 3.63) is 36.7 Å². The van der Waals surface area contributed by atoms with Crippen LogP contribution in [-0.2, 0) is 4.79 Å². The first-order chi connectivity index (χ1) is 11.8. The van der Waals surface area contributed by atoms with E-state index in [0.717, 1.165) is 5.69 Å². The Bertz CT molecular complexity index is 877. The fraction of sp³-hybridized carbons (Fsp3) is 0.312. The molecule has 122 valence electrons. The predicted molar refractivity (Wildman–Crippen MR) is 88.9 cm³/mol. The lowest BCUT2D eigenvalue weighted by Crippen LogP contribution is -2.55. The van der Waals surface area contributed by atoms with E-state index in [4.69, 9.17) is 0 Å². The first-order valence-electron chi connectivity index (χ1n) is 7.95. The monoisotopic (exact) mass is 323 g/mol. The van der Waals surface area contributed by atoms with E-state index >= 15 is 0 Å². The summed E-state index contributed by atoms with van der Waals surface area (Å²) in [5, 5.41) is 11.4. The summed E-state index contributed by atoms with van der Waals surface area (Å²) in [6.45, 7) is 3.27. The third-order valence-corrected chi connectivity index (χ3v) is 4.21. The molecule has 0 unspecified atom stereocenters. The molecule has 8 heteroatoms. The number of nitrogens with one attached hydrogen (secondary N) is 1. The van der Waals surface area contributed by atoms with Crippen LogP contribution >= 0.6 is 0 Å². The Morgan fingerprint density at radius 1 is 1.25 bits per heavy atom. The molecule has 1 atom stereocenters. The number of hydrogen-bond donors (Lipinski definition) is 1. The highest BCUT2D eigenvalue weighted by molar-refractivity contribution is 5.90. The first kappa shape index (κ1) is 14.6. The van der Waals surface area contributed by atoms with Gasteiger partial charge in [0.05, 0.1) is 5.69 Å². The molecule has 0 saturated carbocycles. The number of hydrogen-bond acceptors (Lipinski definition) is 6. The average Bonchev–Trinajstić information content (AvgIpc) is 3.06. The Labute approximate surface area is 138 Å². The van der Waals surface area contributed by atoms with Gasteiger partial charge in [-0.25, -0.2) is 9.97 Å². The maximum Gasteiger partial charge on any atom is 0.242 e. The molecule has 0 radical (unpaired) electrons. The van der Waals surface area contributed by atoms with E-state index in [1.165, 1.54) is 6.33 Å². The highest BCUT2D eigenvalue weighted by Crippen LogP contribution is 2.25. The van der Waals surface area contributed by atoms with Crippen LogP contribution in [0.25, 0.3) is 16.9 Å². The Balaban J connectivity index is 1.83. The van der Waals surface area contributed by atoms with E-state index in [1.807, 2.05) is 42.2 Å². The molecule has 1 amide bonds. The van der Waals surface area contributed by atoms with E-state index in [9.17, 15) is 4.79 Å². The van der Waals surface area contributed by atoms with Gasteiger partial charge >= 0.3 is 0 Å². The number of rotatable bonds is 3. The second-order valence-corrected chi connectivity index (χ2v) is 5.61. The van der Waals surface area contributed by atoms with Crippen LogP contribution in [0.2, 0.25) is 0 Å². The van der Waals surface area contributed by atoms with Crippen LogP contribution in [0.3, 0.4) is 0 Å². The summed E-state index contributed by atoms with van der Waals surface area (Å²) in [6.07, 6.45) is 2.20. The summed E-state index contributed by atoms with van der Waals surface area (Å²) in [5.41, 5.74) is 2.12. The number of carbonyl (C=O) groups excluding carboxylic acids is 1. The standard InChI is InChI=1S/C16H17N7O/c1-2-12-16(24)17-8-9-22(12)14-13-15(19-10-18-14)23(21-20-13)11-6-4-3-5-7-11/h3-7,10,12H,2,8-9H2,1H3,(H,17,24)/t12-/m0/s1. The van der Waals surface area contributed by atoms with Gasteiger partial charge in [-0.05, 0) is 18.6 Å². The van der Waals surface area contributed by atoms with Gasteiger partial charge in [0, 0.05) is 13.1 Å². The molecule has 2 aromatic heterocycles. The second-order valence-electron chi connectivity index (χ2n) is 5.61. The lowest BCUT2D eigenvalue weighted by atomic mass is 10.1. The minimum Gasteiger partial charge on any atom is -0.353 e. The summed E-state index contributed by atoms with van der Waals surface area (Å²) < 4.78 is 1.69. The zero-order valence-corrected chi connectivity index (χ0v) is 13.3. The molecule has 1 aliphatic heterocycles. The topological polar surface area (TPSA) is 88.8 Å². The molecule has 1 aliphatic rings. The molecule has 8 nitrogen and oxygen atoms in total.